The zero-order chi connectivity index (χ0) is 22.7. The standard InChI is InChI=1S/C23H22ClFN6O2/c1-33-23(32)29-18-11-2-4-12(5-3-11)19(18)31-10-17(24)16-9-28-21(30-22(16)31)15-8-27-20-14(15)6-13(25)7-26-20/h6-12,18-19H,2-5H2,1H3,(H,26,27)(H,29,32)/t11?,12?,18-,19?/m0/s1. The summed E-state index contributed by atoms with van der Waals surface area (Å²) in [6.45, 7) is 0. The van der Waals surface area contributed by atoms with E-state index in [0.29, 0.717) is 44.9 Å². The van der Waals surface area contributed by atoms with Gasteiger partial charge in [-0.1, -0.05) is 11.6 Å². The molecule has 2 N–H and O–H groups in total. The molecule has 10 heteroatoms. The maximum absolute atomic E-state index is 13.9. The zero-order valence-corrected chi connectivity index (χ0v) is 18.6. The Morgan fingerprint density at radius 3 is 2.79 bits per heavy atom. The summed E-state index contributed by atoms with van der Waals surface area (Å²) >= 11 is 6.59. The van der Waals surface area contributed by atoms with Crippen molar-refractivity contribution < 1.29 is 13.9 Å². The highest BCUT2D eigenvalue weighted by atomic mass is 35.5. The molecule has 2 atom stereocenters. The van der Waals surface area contributed by atoms with E-state index in [1.54, 1.807) is 12.4 Å². The van der Waals surface area contributed by atoms with Gasteiger partial charge in [-0.25, -0.2) is 24.1 Å². The molecule has 3 fully saturated rings. The molecule has 3 saturated carbocycles. The number of fused-ring (bicyclic) bond motifs is 5. The number of hydrogen-bond donors (Lipinski definition) is 2. The first-order chi connectivity index (χ1) is 16.0. The van der Waals surface area contributed by atoms with E-state index in [4.69, 9.17) is 21.3 Å². The second kappa shape index (κ2) is 7.69. The van der Waals surface area contributed by atoms with E-state index in [-0.39, 0.29) is 12.1 Å². The predicted octanol–water partition coefficient (Wildman–Crippen LogP) is 4.85. The molecule has 3 aliphatic carbocycles. The van der Waals surface area contributed by atoms with Crippen LogP contribution in [-0.4, -0.2) is 43.7 Å². The Bertz CT molecular complexity index is 1380. The highest BCUT2D eigenvalue weighted by Gasteiger charge is 2.46. The molecular formula is C23H22ClFN6O2. The first-order valence-corrected chi connectivity index (χ1v) is 11.4. The van der Waals surface area contributed by atoms with E-state index in [2.05, 4.69) is 24.8 Å². The number of H-pyrrole nitrogens is 1. The van der Waals surface area contributed by atoms with Crippen LogP contribution in [0.2, 0.25) is 5.02 Å². The van der Waals surface area contributed by atoms with Crippen LogP contribution >= 0.6 is 11.6 Å². The lowest BCUT2D eigenvalue weighted by atomic mass is 9.64. The highest BCUT2D eigenvalue weighted by Crippen LogP contribution is 2.49. The lowest BCUT2D eigenvalue weighted by Crippen LogP contribution is -2.54. The summed E-state index contributed by atoms with van der Waals surface area (Å²) in [5.74, 6) is 0.800. The Morgan fingerprint density at radius 1 is 1.21 bits per heavy atom. The van der Waals surface area contributed by atoms with Crippen LogP contribution in [0.15, 0.2) is 30.9 Å². The van der Waals surface area contributed by atoms with Gasteiger partial charge in [0, 0.05) is 29.5 Å². The molecule has 0 aliphatic heterocycles. The van der Waals surface area contributed by atoms with Crippen LogP contribution in [0.3, 0.4) is 0 Å². The first kappa shape index (κ1) is 20.4. The second-order valence-corrected chi connectivity index (χ2v) is 9.30. The summed E-state index contributed by atoms with van der Waals surface area (Å²) in [6, 6.07) is 1.36. The maximum Gasteiger partial charge on any atom is 0.407 e. The van der Waals surface area contributed by atoms with Crippen LogP contribution in [0.1, 0.15) is 31.7 Å². The smallest absolute Gasteiger partial charge is 0.407 e. The Balaban J connectivity index is 1.49. The molecule has 0 spiro atoms. The van der Waals surface area contributed by atoms with Gasteiger partial charge in [-0.15, -0.1) is 0 Å². The lowest BCUT2D eigenvalue weighted by molar-refractivity contribution is 0.0567. The fourth-order valence-electron chi connectivity index (χ4n) is 5.73. The number of alkyl carbamates (subject to hydrolysis) is 1. The summed E-state index contributed by atoms with van der Waals surface area (Å²) < 4.78 is 20.8. The van der Waals surface area contributed by atoms with Gasteiger partial charge in [-0.3, -0.25) is 0 Å². The SMILES string of the molecule is COC(=O)N[C@H]1C2CCC(CC2)C1n1cc(Cl)c2cnc(-c3c[nH]c4ncc(F)cc34)nc21. The first-order valence-electron chi connectivity index (χ1n) is 11.0. The Hall–Kier alpha value is -3.20. The van der Waals surface area contributed by atoms with E-state index in [0.717, 1.165) is 31.1 Å². The summed E-state index contributed by atoms with van der Waals surface area (Å²) in [7, 11) is 1.38. The molecule has 170 valence electrons. The number of nitrogens with one attached hydrogen (secondary N) is 2. The molecule has 0 radical (unpaired) electrons. The molecule has 1 unspecified atom stereocenters. The van der Waals surface area contributed by atoms with Crippen LogP contribution in [0.4, 0.5) is 9.18 Å². The monoisotopic (exact) mass is 468 g/mol. The Kier molecular flexibility index (Phi) is 4.76. The van der Waals surface area contributed by atoms with E-state index in [1.165, 1.54) is 19.4 Å². The molecule has 33 heavy (non-hydrogen) atoms. The van der Waals surface area contributed by atoms with Crippen LogP contribution in [0.25, 0.3) is 33.5 Å². The van der Waals surface area contributed by atoms with E-state index in [9.17, 15) is 9.18 Å². The van der Waals surface area contributed by atoms with Crippen molar-refractivity contribution >= 4 is 39.8 Å². The van der Waals surface area contributed by atoms with E-state index < -0.39 is 11.9 Å². The van der Waals surface area contributed by atoms with Crippen LogP contribution in [-0.2, 0) is 4.74 Å². The third-order valence-electron chi connectivity index (χ3n) is 7.23. The highest BCUT2D eigenvalue weighted by molar-refractivity contribution is 6.35. The summed E-state index contributed by atoms with van der Waals surface area (Å²) in [5.41, 5.74) is 1.92. The molecule has 2 bridgehead atoms. The average molecular weight is 469 g/mol. The van der Waals surface area contributed by atoms with Gasteiger partial charge in [0.1, 0.15) is 17.1 Å². The number of methoxy groups -OCH3 is 1. The lowest BCUT2D eigenvalue weighted by Gasteiger charge is -2.49. The zero-order valence-electron chi connectivity index (χ0n) is 17.9. The van der Waals surface area contributed by atoms with Crippen LogP contribution < -0.4 is 5.32 Å². The fraction of sp³-hybridized carbons (Fsp3) is 0.391. The minimum Gasteiger partial charge on any atom is -0.453 e. The van der Waals surface area contributed by atoms with Crippen LogP contribution in [0, 0.1) is 17.7 Å². The largest absolute Gasteiger partial charge is 0.453 e. The van der Waals surface area contributed by atoms with Gasteiger partial charge in [-0.2, -0.15) is 0 Å². The second-order valence-electron chi connectivity index (χ2n) is 8.89. The number of amides is 1. The van der Waals surface area contributed by atoms with Crippen molar-refractivity contribution in [1.82, 2.24) is 29.8 Å². The number of carbonyl (C=O) groups excluding carboxylic acids is 1. The molecule has 0 saturated heterocycles. The molecule has 7 rings (SSSR count). The van der Waals surface area contributed by atoms with Crippen molar-refractivity contribution in [3.8, 4) is 11.4 Å². The van der Waals surface area contributed by atoms with Crippen molar-refractivity contribution in [1.29, 1.82) is 0 Å². The van der Waals surface area contributed by atoms with Gasteiger partial charge in [0.2, 0.25) is 0 Å². The van der Waals surface area contributed by atoms with Crippen LogP contribution in [0.5, 0.6) is 0 Å². The normalized spacial score (nSPS) is 24.5. The van der Waals surface area contributed by atoms with Gasteiger partial charge in [-0.05, 0) is 43.6 Å². The maximum atomic E-state index is 13.9. The van der Waals surface area contributed by atoms with E-state index in [1.807, 2.05) is 6.20 Å². The molecule has 4 aromatic rings. The number of carbonyl (C=O) groups is 1. The topological polar surface area (TPSA) is 97.7 Å². The predicted molar refractivity (Wildman–Crippen MR) is 121 cm³/mol. The van der Waals surface area contributed by atoms with Crippen molar-refractivity contribution in [2.75, 3.05) is 7.11 Å². The number of nitrogens with zero attached hydrogens (tertiary/aromatic N) is 4. The number of rotatable bonds is 3. The number of halogens is 2. The minimum absolute atomic E-state index is 0.0106. The number of ether oxygens (including phenoxy) is 1. The summed E-state index contributed by atoms with van der Waals surface area (Å²) in [5, 5.41) is 4.98. The molecule has 4 heterocycles. The van der Waals surface area contributed by atoms with Gasteiger partial charge in [0.25, 0.3) is 0 Å². The minimum atomic E-state index is -0.427. The molecule has 3 aliphatic rings. The summed E-state index contributed by atoms with van der Waals surface area (Å²) in [4.78, 5) is 28.6. The Morgan fingerprint density at radius 2 is 2.00 bits per heavy atom. The van der Waals surface area contributed by atoms with Gasteiger partial charge < -0.3 is 19.6 Å². The van der Waals surface area contributed by atoms with Gasteiger partial charge in [0.05, 0.1) is 35.8 Å². The average Bonchev–Trinajstić information content (AvgIpc) is 3.40. The van der Waals surface area contributed by atoms with Gasteiger partial charge in [0.15, 0.2) is 5.82 Å². The fourth-order valence-corrected chi connectivity index (χ4v) is 5.97. The number of hydrogen-bond acceptors (Lipinski definition) is 5. The third-order valence-corrected chi connectivity index (χ3v) is 7.53. The molecule has 4 aromatic heterocycles. The Labute approximate surface area is 193 Å². The molecular weight excluding hydrogens is 447 g/mol. The molecule has 8 nitrogen and oxygen atoms in total. The number of pyridine rings is 1. The number of aromatic amines is 1. The van der Waals surface area contributed by atoms with Gasteiger partial charge >= 0.3 is 6.09 Å². The van der Waals surface area contributed by atoms with Crippen molar-refractivity contribution in [2.45, 2.75) is 37.8 Å². The third kappa shape index (κ3) is 3.25. The number of aromatic nitrogens is 5. The van der Waals surface area contributed by atoms with Crippen molar-refractivity contribution in [3.63, 3.8) is 0 Å². The molecule has 0 aromatic carbocycles. The quantitative estimate of drug-likeness (QED) is 0.447. The van der Waals surface area contributed by atoms with Crippen molar-refractivity contribution in [3.05, 3.63) is 41.7 Å². The molecule has 1 amide bonds. The van der Waals surface area contributed by atoms with Crippen molar-refractivity contribution in [2.24, 2.45) is 11.8 Å². The summed E-state index contributed by atoms with van der Waals surface area (Å²) in [6.07, 6.45) is 10.4. The van der Waals surface area contributed by atoms with E-state index >= 15 is 0 Å².